The van der Waals surface area contributed by atoms with Crippen molar-refractivity contribution in [2.24, 2.45) is 0 Å². The molecule has 0 saturated carbocycles. The largest absolute Gasteiger partial charge is 0.432 e. The summed E-state index contributed by atoms with van der Waals surface area (Å²) in [6.45, 7) is 5.42. The third-order valence-corrected chi connectivity index (χ3v) is 3.87. The summed E-state index contributed by atoms with van der Waals surface area (Å²) in [5, 5.41) is 3.21. The first-order valence-corrected chi connectivity index (χ1v) is 6.42. The minimum Gasteiger partial charge on any atom is -0.432 e. The monoisotopic (exact) mass is 240 g/mol. The SMILES string of the molecule is CCC1(CC)OC(=O)N(C2CCCNC2)C1=O. The summed E-state index contributed by atoms with van der Waals surface area (Å²) in [7, 11) is 0. The molecular weight excluding hydrogens is 220 g/mol. The predicted molar refractivity (Wildman–Crippen MR) is 62.5 cm³/mol. The van der Waals surface area contributed by atoms with E-state index in [0.717, 1.165) is 19.4 Å². The second-order valence-corrected chi connectivity index (χ2v) is 4.74. The van der Waals surface area contributed by atoms with Crippen molar-refractivity contribution in [1.29, 1.82) is 0 Å². The molecular formula is C12H20N2O3. The van der Waals surface area contributed by atoms with Gasteiger partial charge in [0, 0.05) is 6.54 Å². The molecule has 0 aliphatic carbocycles. The maximum atomic E-state index is 12.4. The molecule has 1 atom stereocenters. The number of imide groups is 1. The fourth-order valence-corrected chi connectivity index (χ4v) is 2.63. The second kappa shape index (κ2) is 4.64. The van der Waals surface area contributed by atoms with Crippen molar-refractivity contribution in [1.82, 2.24) is 10.2 Å². The number of amides is 2. The Morgan fingerprint density at radius 1 is 1.41 bits per heavy atom. The molecule has 2 heterocycles. The van der Waals surface area contributed by atoms with Gasteiger partial charge in [0.2, 0.25) is 0 Å². The van der Waals surface area contributed by atoms with Crippen molar-refractivity contribution in [3.8, 4) is 0 Å². The summed E-state index contributed by atoms with van der Waals surface area (Å²) in [4.78, 5) is 25.6. The molecule has 0 radical (unpaired) electrons. The number of rotatable bonds is 3. The summed E-state index contributed by atoms with van der Waals surface area (Å²) in [5.74, 6) is -0.152. The topological polar surface area (TPSA) is 58.6 Å². The number of nitrogens with one attached hydrogen (secondary N) is 1. The Kier molecular flexibility index (Phi) is 3.38. The van der Waals surface area contributed by atoms with E-state index in [0.29, 0.717) is 19.4 Å². The van der Waals surface area contributed by atoms with Crippen LogP contribution in [0.4, 0.5) is 4.79 Å². The molecule has 17 heavy (non-hydrogen) atoms. The van der Waals surface area contributed by atoms with Gasteiger partial charge in [-0.3, -0.25) is 4.79 Å². The van der Waals surface area contributed by atoms with Crippen LogP contribution in [0.15, 0.2) is 0 Å². The number of hydrogen-bond donors (Lipinski definition) is 1. The van der Waals surface area contributed by atoms with Crippen LogP contribution in [0.2, 0.25) is 0 Å². The van der Waals surface area contributed by atoms with Crippen LogP contribution in [0.1, 0.15) is 39.5 Å². The molecule has 1 unspecified atom stereocenters. The van der Waals surface area contributed by atoms with Gasteiger partial charge in [-0.1, -0.05) is 13.8 Å². The van der Waals surface area contributed by atoms with Crippen molar-refractivity contribution < 1.29 is 14.3 Å². The van der Waals surface area contributed by atoms with Gasteiger partial charge in [0.25, 0.3) is 5.91 Å². The Balaban J connectivity index is 2.18. The van der Waals surface area contributed by atoms with Crippen LogP contribution >= 0.6 is 0 Å². The van der Waals surface area contributed by atoms with Gasteiger partial charge in [-0.25, -0.2) is 9.69 Å². The van der Waals surface area contributed by atoms with Gasteiger partial charge in [-0.15, -0.1) is 0 Å². The Morgan fingerprint density at radius 2 is 2.12 bits per heavy atom. The normalized spacial score (nSPS) is 28.4. The molecule has 1 N–H and O–H groups in total. The molecule has 2 fully saturated rings. The summed E-state index contributed by atoms with van der Waals surface area (Å²) >= 11 is 0. The molecule has 0 aromatic rings. The minimum atomic E-state index is -0.908. The van der Waals surface area contributed by atoms with Crippen molar-refractivity contribution in [3.63, 3.8) is 0 Å². The number of ether oxygens (including phenoxy) is 1. The Hall–Kier alpha value is -1.10. The van der Waals surface area contributed by atoms with Crippen molar-refractivity contribution in [2.75, 3.05) is 13.1 Å². The maximum absolute atomic E-state index is 12.4. The zero-order valence-electron chi connectivity index (χ0n) is 10.5. The first kappa shape index (κ1) is 12.4. The molecule has 5 nitrogen and oxygen atoms in total. The van der Waals surface area contributed by atoms with Crippen LogP contribution in [0.5, 0.6) is 0 Å². The molecule has 96 valence electrons. The average Bonchev–Trinajstić information content (AvgIpc) is 2.62. The van der Waals surface area contributed by atoms with Gasteiger partial charge in [-0.2, -0.15) is 0 Å². The van der Waals surface area contributed by atoms with E-state index in [2.05, 4.69) is 5.32 Å². The van der Waals surface area contributed by atoms with E-state index in [9.17, 15) is 9.59 Å². The molecule has 2 rings (SSSR count). The van der Waals surface area contributed by atoms with Crippen molar-refractivity contribution in [2.45, 2.75) is 51.2 Å². The lowest BCUT2D eigenvalue weighted by molar-refractivity contribution is -0.138. The van der Waals surface area contributed by atoms with Gasteiger partial charge >= 0.3 is 6.09 Å². The van der Waals surface area contributed by atoms with Crippen molar-refractivity contribution in [3.05, 3.63) is 0 Å². The molecule has 5 heteroatoms. The second-order valence-electron chi connectivity index (χ2n) is 4.74. The number of hydrogen-bond acceptors (Lipinski definition) is 4. The quantitative estimate of drug-likeness (QED) is 0.807. The van der Waals surface area contributed by atoms with E-state index in [1.807, 2.05) is 13.8 Å². The van der Waals surface area contributed by atoms with Crippen LogP contribution in [0, 0.1) is 0 Å². The van der Waals surface area contributed by atoms with E-state index >= 15 is 0 Å². The Labute approximate surface area is 101 Å². The zero-order valence-corrected chi connectivity index (χ0v) is 10.5. The van der Waals surface area contributed by atoms with Crippen LogP contribution in [0.25, 0.3) is 0 Å². The summed E-state index contributed by atoms with van der Waals surface area (Å²) in [5.41, 5.74) is -0.908. The molecule has 0 aromatic heterocycles. The minimum absolute atomic E-state index is 0.0382. The molecule has 2 aliphatic rings. The summed E-state index contributed by atoms with van der Waals surface area (Å²) in [6, 6.07) is -0.0382. The van der Waals surface area contributed by atoms with E-state index in [1.54, 1.807) is 0 Å². The molecule has 0 spiro atoms. The molecule has 0 bridgehead atoms. The standard InChI is InChI=1S/C12H20N2O3/c1-3-12(4-2)10(15)14(11(16)17-12)9-6-5-7-13-8-9/h9,13H,3-8H2,1-2H3. The lowest BCUT2D eigenvalue weighted by atomic mass is 9.95. The van der Waals surface area contributed by atoms with E-state index in [1.165, 1.54) is 4.90 Å². The fourth-order valence-electron chi connectivity index (χ4n) is 2.63. The predicted octanol–water partition coefficient (Wildman–Crippen LogP) is 1.28. The van der Waals surface area contributed by atoms with E-state index in [4.69, 9.17) is 4.74 Å². The van der Waals surface area contributed by atoms with Gasteiger partial charge in [0.15, 0.2) is 5.60 Å². The third kappa shape index (κ3) is 1.92. The number of cyclic esters (lactones) is 1. The number of carbonyl (C=O) groups is 2. The molecule has 2 aliphatic heterocycles. The molecule has 2 saturated heterocycles. The smallest absolute Gasteiger partial charge is 0.418 e. The average molecular weight is 240 g/mol. The highest BCUT2D eigenvalue weighted by Gasteiger charge is 2.53. The molecule has 2 amide bonds. The highest BCUT2D eigenvalue weighted by Crippen LogP contribution is 2.33. The number of carbonyl (C=O) groups excluding carboxylic acids is 2. The first-order valence-electron chi connectivity index (χ1n) is 6.42. The highest BCUT2D eigenvalue weighted by atomic mass is 16.6. The zero-order chi connectivity index (χ0) is 12.5. The number of nitrogens with zero attached hydrogens (tertiary/aromatic N) is 1. The van der Waals surface area contributed by atoms with E-state index in [-0.39, 0.29) is 11.9 Å². The van der Waals surface area contributed by atoms with Crippen LogP contribution < -0.4 is 5.32 Å². The Morgan fingerprint density at radius 3 is 2.59 bits per heavy atom. The van der Waals surface area contributed by atoms with E-state index < -0.39 is 11.7 Å². The summed E-state index contributed by atoms with van der Waals surface area (Å²) < 4.78 is 5.34. The Bertz CT molecular complexity index is 320. The van der Waals surface area contributed by atoms with Crippen LogP contribution in [-0.2, 0) is 9.53 Å². The van der Waals surface area contributed by atoms with Gasteiger partial charge in [0.1, 0.15) is 0 Å². The van der Waals surface area contributed by atoms with Crippen molar-refractivity contribution >= 4 is 12.0 Å². The van der Waals surface area contributed by atoms with Crippen LogP contribution in [-0.4, -0.2) is 41.6 Å². The lowest BCUT2D eigenvalue weighted by Crippen LogP contribution is -2.50. The van der Waals surface area contributed by atoms with Gasteiger partial charge in [-0.05, 0) is 32.2 Å². The number of piperidine rings is 1. The fraction of sp³-hybridized carbons (Fsp3) is 0.833. The maximum Gasteiger partial charge on any atom is 0.418 e. The first-order chi connectivity index (χ1) is 8.14. The van der Waals surface area contributed by atoms with Gasteiger partial charge in [0.05, 0.1) is 6.04 Å². The third-order valence-electron chi connectivity index (χ3n) is 3.87. The lowest BCUT2D eigenvalue weighted by Gasteiger charge is -2.29. The van der Waals surface area contributed by atoms with Gasteiger partial charge < -0.3 is 10.1 Å². The van der Waals surface area contributed by atoms with Crippen LogP contribution in [0.3, 0.4) is 0 Å². The summed E-state index contributed by atoms with van der Waals surface area (Å²) in [6.07, 6.45) is 2.49. The molecule has 0 aromatic carbocycles. The highest BCUT2D eigenvalue weighted by molar-refractivity contribution is 6.03.